The van der Waals surface area contributed by atoms with Crippen molar-refractivity contribution in [2.24, 2.45) is 0 Å². The summed E-state index contributed by atoms with van der Waals surface area (Å²) in [6.07, 6.45) is 4.38. The number of methoxy groups -OCH3 is 2. The molecule has 144 valence electrons. The lowest BCUT2D eigenvalue weighted by atomic mass is 10.0. The number of imidazole rings is 1. The number of hydrogen-bond donors (Lipinski definition) is 0. The van der Waals surface area contributed by atoms with Crippen LogP contribution >= 0.6 is 0 Å². The zero-order chi connectivity index (χ0) is 19.4. The summed E-state index contributed by atoms with van der Waals surface area (Å²) < 4.78 is 11.4. The molecular formula is C19H24N4O4. The number of carbonyl (C=O) groups is 2. The predicted molar refractivity (Wildman–Crippen MR) is 99.8 cm³/mol. The van der Waals surface area contributed by atoms with Crippen LogP contribution < -0.4 is 4.74 Å². The first-order valence-corrected chi connectivity index (χ1v) is 8.82. The molecule has 1 aromatic heterocycles. The first-order chi connectivity index (χ1) is 13.0. The highest BCUT2D eigenvalue weighted by Crippen LogP contribution is 2.22. The van der Waals surface area contributed by atoms with Crippen LogP contribution in [0, 0.1) is 0 Å². The number of amides is 2. The monoisotopic (exact) mass is 372 g/mol. The second-order valence-electron chi connectivity index (χ2n) is 6.48. The smallest absolute Gasteiger partial charge is 0.409 e. The number of piperidine rings is 1. The Bertz CT molecular complexity index is 794. The molecule has 27 heavy (non-hydrogen) atoms. The van der Waals surface area contributed by atoms with Crippen LogP contribution in [0.15, 0.2) is 36.8 Å². The van der Waals surface area contributed by atoms with Crippen LogP contribution in [0.3, 0.4) is 0 Å². The quantitative estimate of drug-likeness (QED) is 0.828. The Morgan fingerprint density at radius 1 is 1.15 bits per heavy atom. The van der Waals surface area contributed by atoms with Gasteiger partial charge < -0.3 is 19.3 Å². The summed E-state index contributed by atoms with van der Waals surface area (Å²) in [4.78, 5) is 32.1. The lowest BCUT2D eigenvalue weighted by Gasteiger charge is -2.35. The van der Waals surface area contributed by atoms with E-state index in [-0.39, 0.29) is 18.2 Å². The van der Waals surface area contributed by atoms with Crippen molar-refractivity contribution >= 4 is 12.1 Å². The Labute approximate surface area is 158 Å². The molecule has 0 bridgehead atoms. The molecule has 1 aliphatic heterocycles. The van der Waals surface area contributed by atoms with Crippen LogP contribution in [-0.2, 0) is 4.74 Å². The number of hydrogen-bond acceptors (Lipinski definition) is 5. The molecule has 8 heteroatoms. The third-order valence-corrected chi connectivity index (χ3v) is 4.94. The molecule has 1 fully saturated rings. The van der Waals surface area contributed by atoms with E-state index in [2.05, 4.69) is 4.98 Å². The van der Waals surface area contributed by atoms with Gasteiger partial charge in [-0.05, 0) is 37.1 Å². The van der Waals surface area contributed by atoms with Crippen molar-refractivity contribution in [3.05, 3.63) is 36.8 Å². The van der Waals surface area contributed by atoms with Crippen molar-refractivity contribution < 1.29 is 19.1 Å². The highest BCUT2D eigenvalue weighted by molar-refractivity contribution is 5.78. The van der Waals surface area contributed by atoms with Crippen molar-refractivity contribution in [2.75, 3.05) is 34.4 Å². The number of likely N-dealkylation sites (tertiary alicyclic amines) is 1. The van der Waals surface area contributed by atoms with E-state index < -0.39 is 0 Å². The number of ether oxygens (including phenoxy) is 2. The van der Waals surface area contributed by atoms with Crippen LogP contribution in [-0.4, -0.2) is 71.9 Å². The van der Waals surface area contributed by atoms with Crippen molar-refractivity contribution in [3.63, 3.8) is 0 Å². The lowest BCUT2D eigenvalue weighted by Crippen LogP contribution is -2.48. The molecule has 0 atom stereocenters. The van der Waals surface area contributed by atoms with Crippen LogP contribution in [0.4, 0.5) is 9.59 Å². The Kier molecular flexibility index (Phi) is 5.63. The van der Waals surface area contributed by atoms with Crippen LogP contribution in [0.5, 0.6) is 5.75 Å². The van der Waals surface area contributed by atoms with E-state index in [1.807, 2.05) is 24.3 Å². The summed E-state index contributed by atoms with van der Waals surface area (Å²) in [5.41, 5.74) is 1.64. The summed E-state index contributed by atoms with van der Waals surface area (Å²) in [6.45, 7) is 1.16. The summed E-state index contributed by atoms with van der Waals surface area (Å²) in [7, 11) is 4.78. The molecule has 2 amide bonds. The van der Waals surface area contributed by atoms with Gasteiger partial charge in [-0.25, -0.2) is 14.6 Å². The minimum atomic E-state index is -0.318. The van der Waals surface area contributed by atoms with Gasteiger partial charge in [0, 0.05) is 37.9 Å². The molecule has 2 aromatic rings. The number of benzene rings is 1. The average molecular weight is 372 g/mol. The van der Waals surface area contributed by atoms with Gasteiger partial charge >= 0.3 is 12.1 Å². The molecule has 0 N–H and O–H groups in total. The van der Waals surface area contributed by atoms with Gasteiger partial charge in [0.15, 0.2) is 0 Å². The normalized spacial score (nSPS) is 14.7. The van der Waals surface area contributed by atoms with E-state index in [4.69, 9.17) is 9.47 Å². The second-order valence-corrected chi connectivity index (χ2v) is 6.48. The fraction of sp³-hybridized carbons (Fsp3) is 0.421. The fourth-order valence-corrected chi connectivity index (χ4v) is 3.24. The number of aromatic nitrogens is 2. The van der Waals surface area contributed by atoms with Crippen LogP contribution in [0.2, 0.25) is 0 Å². The SMILES string of the molecule is COC(=O)N1CCC(N(C)C(=O)n2cnc(-c3ccc(OC)cc3)c2)CC1. The fourth-order valence-electron chi connectivity index (χ4n) is 3.24. The van der Waals surface area contributed by atoms with Crippen molar-refractivity contribution in [1.29, 1.82) is 0 Å². The Morgan fingerprint density at radius 2 is 1.81 bits per heavy atom. The highest BCUT2D eigenvalue weighted by Gasteiger charge is 2.28. The molecule has 0 unspecified atom stereocenters. The van der Waals surface area contributed by atoms with E-state index in [1.54, 1.807) is 30.2 Å². The van der Waals surface area contributed by atoms with Gasteiger partial charge in [-0.1, -0.05) is 0 Å². The van der Waals surface area contributed by atoms with Crippen molar-refractivity contribution in [3.8, 4) is 17.0 Å². The molecule has 1 saturated heterocycles. The topological polar surface area (TPSA) is 76.9 Å². The first kappa shape index (κ1) is 18.8. The molecule has 1 aliphatic rings. The van der Waals surface area contributed by atoms with E-state index in [0.717, 1.165) is 29.8 Å². The number of rotatable bonds is 3. The third kappa shape index (κ3) is 4.05. The van der Waals surface area contributed by atoms with Crippen LogP contribution in [0.25, 0.3) is 11.3 Å². The first-order valence-electron chi connectivity index (χ1n) is 8.82. The molecule has 1 aromatic carbocycles. The molecule has 3 rings (SSSR count). The summed E-state index contributed by atoms with van der Waals surface area (Å²) in [6, 6.07) is 7.46. The molecule has 8 nitrogen and oxygen atoms in total. The molecule has 2 heterocycles. The van der Waals surface area contributed by atoms with Crippen LogP contribution in [0.1, 0.15) is 12.8 Å². The van der Waals surface area contributed by atoms with Crippen molar-refractivity contribution in [1.82, 2.24) is 19.4 Å². The maximum Gasteiger partial charge on any atom is 0.409 e. The summed E-state index contributed by atoms with van der Waals surface area (Å²) in [5.74, 6) is 0.771. The van der Waals surface area contributed by atoms with E-state index in [9.17, 15) is 9.59 Å². The maximum absolute atomic E-state index is 12.8. The highest BCUT2D eigenvalue weighted by atomic mass is 16.5. The molecule has 0 aliphatic carbocycles. The number of carbonyl (C=O) groups excluding carboxylic acids is 2. The van der Waals surface area contributed by atoms with Gasteiger partial charge in [0.25, 0.3) is 0 Å². The molecular weight excluding hydrogens is 348 g/mol. The molecule has 0 saturated carbocycles. The van der Waals surface area contributed by atoms with Gasteiger partial charge in [-0.3, -0.25) is 4.57 Å². The van der Waals surface area contributed by atoms with E-state index in [0.29, 0.717) is 13.1 Å². The zero-order valence-corrected chi connectivity index (χ0v) is 15.8. The Balaban J connectivity index is 1.64. The zero-order valence-electron chi connectivity index (χ0n) is 15.8. The predicted octanol–water partition coefficient (Wildman–Crippen LogP) is 2.69. The standard InChI is InChI=1S/C19H24N4O4/c1-21(15-8-10-22(11-9-15)19(25)27-3)18(24)23-12-17(20-13-23)14-4-6-16(26-2)7-5-14/h4-7,12-13,15H,8-11H2,1-3H3. The lowest BCUT2D eigenvalue weighted by molar-refractivity contribution is 0.0971. The third-order valence-electron chi connectivity index (χ3n) is 4.94. The number of nitrogens with zero attached hydrogens (tertiary/aromatic N) is 4. The van der Waals surface area contributed by atoms with Gasteiger partial charge in [-0.15, -0.1) is 0 Å². The molecule has 0 spiro atoms. The van der Waals surface area contributed by atoms with Crippen molar-refractivity contribution in [2.45, 2.75) is 18.9 Å². The summed E-state index contributed by atoms with van der Waals surface area (Å²) >= 11 is 0. The van der Waals surface area contributed by atoms with Gasteiger partial charge in [-0.2, -0.15) is 0 Å². The van der Waals surface area contributed by atoms with Gasteiger partial charge in [0.1, 0.15) is 12.1 Å². The average Bonchev–Trinajstić information content (AvgIpc) is 3.22. The largest absolute Gasteiger partial charge is 0.497 e. The maximum atomic E-state index is 12.8. The second kappa shape index (κ2) is 8.11. The van der Waals surface area contributed by atoms with Gasteiger partial charge in [0.2, 0.25) is 0 Å². The molecule has 0 radical (unpaired) electrons. The minimum absolute atomic E-state index is 0.0743. The Morgan fingerprint density at radius 3 is 2.41 bits per heavy atom. The van der Waals surface area contributed by atoms with E-state index >= 15 is 0 Å². The summed E-state index contributed by atoms with van der Waals surface area (Å²) in [5, 5.41) is 0. The minimum Gasteiger partial charge on any atom is -0.497 e. The van der Waals surface area contributed by atoms with E-state index in [1.165, 1.54) is 18.0 Å². The van der Waals surface area contributed by atoms with Gasteiger partial charge in [0.05, 0.1) is 19.9 Å². The Hall–Kier alpha value is -3.03.